The Hall–Kier alpha value is -3.46. The van der Waals surface area contributed by atoms with Gasteiger partial charge in [-0.15, -0.1) is 0 Å². The predicted octanol–water partition coefficient (Wildman–Crippen LogP) is 4.51. The Bertz CT molecular complexity index is 1140. The monoisotopic (exact) mass is 453 g/mol. The standard InChI is InChI=1S/C23H24FN5O2S/c1-15-6-5-7-17(14-15)26-22(31)27-23-25-16(2)20(32-23)21(30)29-12-10-28(11-13-29)19-9-4-3-8-18(19)24/h3-9,14H,10-13H2,1-2H3,(H2,25,26,27,31). The number of rotatable bonds is 4. The number of hydrogen-bond acceptors (Lipinski definition) is 5. The molecule has 3 amide bonds. The number of piperazine rings is 1. The fourth-order valence-corrected chi connectivity index (χ4v) is 4.56. The van der Waals surface area contributed by atoms with E-state index in [-0.39, 0.29) is 11.7 Å². The van der Waals surface area contributed by atoms with Crippen LogP contribution >= 0.6 is 11.3 Å². The highest BCUT2D eigenvalue weighted by molar-refractivity contribution is 7.17. The lowest BCUT2D eigenvalue weighted by atomic mass is 10.2. The van der Waals surface area contributed by atoms with E-state index in [1.165, 1.54) is 6.07 Å². The summed E-state index contributed by atoms with van der Waals surface area (Å²) in [6, 6.07) is 13.7. The fraction of sp³-hybridized carbons (Fsp3) is 0.261. The van der Waals surface area contributed by atoms with E-state index in [0.29, 0.717) is 53.3 Å². The lowest BCUT2D eigenvalue weighted by Crippen LogP contribution is -2.49. The number of aromatic nitrogens is 1. The Morgan fingerprint density at radius 3 is 2.47 bits per heavy atom. The normalized spacial score (nSPS) is 13.7. The van der Waals surface area contributed by atoms with Gasteiger partial charge in [0.25, 0.3) is 5.91 Å². The van der Waals surface area contributed by atoms with Gasteiger partial charge in [-0.3, -0.25) is 10.1 Å². The third-order valence-electron chi connectivity index (χ3n) is 5.25. The molecule has 0 unspecified atom stereocenters. The maximum atomic E-state index is 14.0. The third-order valence-corrected chi connectivity index (χ3v) is 6.31. The first-order chi connectivity index (χ1) is 15.4. The summed E-state index contributed by atoms with van der Waals surface area (Å²) in [7, 11) is 0. The molecule has 2 N–H and O–H groups in total. The molecule has 1 fully saturated rings. The molecule has 1 saturated heterocycles. The van der Waals surface area contributed by atoms with Gasteiger partial charge in [0.15, 0.2) is 5.13 Å². The summed E-state index contributed by atoms with van der Waals surface area (Å²) in [6.07, 6.45) is 0. The van der Waals surface area contributed by atoms with E-state index in [4.69, 9.17) is 0 Å². The summed E-state index contributed by atoms with van der Waals surface area (Å²) < 4.78 is 14.0. The van der Waals surface area contributed by atoms with Crippen LogP contribution in [-0.4, -0.2) is 48.0 Å². The average Bonchev–Trinajstić information content (AvgIpc) is 3.13. The van der Waals surface area contributed by atoms with E-state index in [2.05, 4.69) is 15.6 Å². The molecule has 166 valence electrons. The maximum Gasteiger partial charge on any atom is 0.325 e. The van der Waals surface area contributed by atoms with Crippen molar-refractivity contribution in [3.05, 3.63) is 70.5 Å². The number of hydrogen-bond donors (Lipinski definition) is 2. The molecule has 3 aromatic rings. The topological polar surface area (TPSA) is 77.6 Å². The van der Waals surface area contributed by atoms with Crippen molar-refractivity contribution in [3.8, 4) is 0 Å². The van der Waals surface area contributed by atoms with Gasteiger partial charge in [-0.1, -0.05) is 35.6 Å². The van der Waals surface area contributed by atoms with Gasteiger partial charge in [0.2, 0.25) is 0 Å². The molecule has 1 aliphatic rings. The number of nitrogens with one attached hydrogen (secondary N) is 2. The molecule has 7 nitrogen and oxygen atoms in total. The van der Waals surface area contributed by atoms with Crippen LogP contribution in [0.2, 0.25) is 0 Å². The fourth-order valence-electron chi connectivity index (χ4n) is 3.63. The zero-order chi connectivity index (χ0) is 22.7. The van der Waals surface area contributed by atoms with Crippen molar-refractivity contribution in [3.63, 3.8) is 0 Å². The number of carbonyl (C=O) groups is 2. The molecule has 0 aliphatic carbocycles. The molecule has 0 radical (unpaired) electrons. The quantitative estimate of drug-likeness (QED) is 0.610. The molecule has 4 rings (SSSR count). The largest absolute Gasteiger partial charge is 0.366 e. The number of carbonyl (C=O) groups excluding carboxylic acids is 2. The van der Waals surface area contributed by atoms with Gasteiger partial charge < -0.3 is 15.1 Å². The number of benzene rings is 2. The van der Waals surface area contributed by atoms with E-state index < -0.39 is 6.03 Å². The number of aryl methyl sites for hydroxylation is 2. The molecule has 0 bridgehead atoms. The summed E-state index contributed by atoms with van der Waals surface area (Å²) in [6.45, 7) is 5.77. The second kappa shape index (κ2) is 9.35. The third kappa shape index (κ3) is 4.88. The van der Waals surface area contributed by atoms with Crippen molar-refractivity contribution in [2.75, 3.05) is 41.7 Å². The van der Waals surface area contributed by atoms with E-state index in [9.17, 15) is 14.0 Å². The first-order valence-electron chi connectivity index (χ1n) is 10.3. The van der Waals surface area contributed by atoms with Crippen LogP contribution in [0.5, 0.6) is 0 Å². The van der Waals surface area contributed by atoms with Crippen molar-refractivity contribution >= 4 is 39.8 Å². The van der Waals surface area contributed by atoms with Gasteiger partial charge in [0, 0.05) is 31.9 Å². The van der Waals surface area contributed by atoms with E-state index in [1.54, 1.807) is 36.1 Å². The minimum atomic E-state index is -0.415. The van der Waals surface area contributed by atoms with Gasteiger partial charge in [-0.25, -0.2) is 14.2 Å². The number of nitrogens with zero attached hydrogens (tertiary/aromatic N) is 3. The van der Waals surface area contributed by atoms with Crippen molar-refractivity contribution in [1.82, 2.24) is 9.88 Å². The number of anilines is 3. The molecule has 32 heavy (non-hydrogen) atoms. The van der Waals surface area contributed by atoms with Gasteiger partial charge in [-0.2, -0.15) is 0 Å². The highest BCUT2D eigenvalue weighted by Gasteiger charge is 2.26. The zero-order valence-electron chi connectivity index (χ0n) is 17.9. The van der Waals surface area contributed by atoms with Crippen LogP contribution in [0.25, 0.3) is 0 Å². The summed E-state index contributed by atoms with van der Waals surface area (Å²) in [5.41, 5.74) is 2.85. The molecule has 2 aromatic carbocycles. The van der Waals surface area contributed by atoms with Crippen LogP contribution in [-0.2, 0) is 0 Å². The minimum absolute atomic E-state index is 0.125. The second-order valence-electron chi connectivity index (χ2n) is 7.61. The summed E-state index contributed by atoms with van der Waals surface area (Å²) in [5, 5.41) is 5.83. The highest BCUT2D eigenvalue weighted by Crippen LogP contribution is 2.26. The average molecular weight is 454 g/mol. The van der Waals surface area contributed by atoms with Crippen molar-refractivity contribution < 1.29 is 14.0 Å². The molecular formula is C23H24FN5O2S. The van der Waals surface area contributed by atoms with Gasteiger partial charge in [0.1, 0.15) is 10.7 Å². The Morgan fingerprint density at radius 1 is 1.00 bits per heavy atom. The molecule has 0 spiro atoms. The highest BCUT2D eigenvalue weighted by atomic mass is 32.1. The Morgan fingerprint density at radius 2 is 1.75 bits per heavy atom. The molecule has 0 saturated carbocycles. The summed E-state index contributed by atoms with van der Waals surface area (Å²) >= 11 is 1.16. The lowest BCUT2D eigenvalue weighted by molar-refractivity contribution is 0.0750. The zero-order valence-corrected chi connectivity index (χ0v) is 18.7. The van der Waals surface area contributed by atoms with Gasteiger partial charge >= 0.3 is 6.03 Å². The molecule has 9 heteroatoms. The van der Waals surface area contributed by atoms with Crippen molar-refractivity contribution in [2.45, 2.75) is 13.8 Å². The smallest absolute Gasteiger partial charge is 0.325 e. The van der Waals surface area contributed by atoms with Crippen LogP contribution in [0, 0.1) is 19.7 Å². The number of thiazole rings is 1. The number of amides is 3. The van der Waals surface area contributed by atoms with Crippen LogP contribution in [0.3, 0.4) is 0 Å². The van der Waals surface area contributed by atoms with Crippen LogP contribution < -0.4 is 15.5 Å². The van der Waals surface area contributed by atoms with Crippen molar-refractivity contribution in [1.29, 1.82) is 0 Å². The van der Waals surface area contributed by atoms with Crippen LogP contribution in [0.15, 0.2) is 48.5 Å². The number of halogens is 1. The summed E-state index contributed by atoms with van der Waals surface area (Å²) in [5.74, 6) is -0.384. The predicted molar refractivity (Wildman–Crippen MR) is 125 cm³/mol. The van der Waals surface area contributed by atoms with Gasteiger partial charge in [-0.05, 0) is 43.7 Å². The van der Waals surface area contributed by atoms with Crippen LogP contribution in [0.4, 0.5) is 25.7 Å². The molecule has 1 aromatic heterocycles. The number of urea groups is 1. The SMILES string of the molecule is Cc1cccc(NC(=O)Nc2nc(C)c(C(=O)N3CCN(c4ccccc4F)CC3)s2)c1. The Kier molecular flexibility index (Phi) is 6.36. The lowest BCUT2D eigenvalue weighted by Gasteiger charge is -2.36. The minimum Gasteiger partial charge on any atom is -0.366 e. The van der Waals surface area contributed by atoms with E-state index in [0.717, 1.165) is 16.9 Å². The molecule has 0 atom stereocenters. The first kappa shape index (κ1) is 21.8. The van der Waals surface area contributed by atoms with E-state index >= 15 is 0 Å². The molecule has 2 heterocycles. The molecule has 1 aliphatic heterocycles. The second-order valence-corrected chi connectivity index (χ2v) is 8.61. The maximum absolute atomic E-state index is 14.0. The first-order valence-corrected chi connectivity index (χ1v) is 11.1. The van der Waals surface area contributed by atoms with Crippen molar-refractivity contribution in [2.24, 2.45) is 0 Å². The number of para-hydroxylation sites is 1. The van der Waals surface area contributed by atoms with E-state index in [1.807, 2.05) is 30.0 Å². The Labute approximate surface area is 189 Å². The summed E-state index contributed by atoms with van der Waals surface area (Å²) in [4.78, 5) is 33.9. The molecular weight excluding hydrogens is 429 g/mol. The van der Waals surface area contributed by atoms with Crippen LogP contribution in [0.1, 0.15) is 20.9 Å². The van der Waals surface area contributed by atoms with Gasteiger partial charge in [0.05, 0.1) is 11.4 Å². The Balaban J connectivity index is 1.37.